The lowest BCUT2D eigenvalue weighted by Crippen LogP contribution is -2.16. The van der Waals surface area contributed by atoms with Gasteiger partial charge in [0.05, 0.1) is 5.75 Å². The Morgan fingerprint density at radius 1 is 1.24 bits per heavy atom. The van der Waals surface area contributed by atoms with Crippen LogP contribution in [-0.4, -0.2) is 41.0 Å². The van der Waals surface area contributed by atoms with Crippen molar-refractivity contribution in [2.45, 2.75) is 43.7 Å². The summed E-state index contributed by atoms with van der Waals surface area (Å²) in [6.45, 7) is 1.04. The molecule has 6 heteroatoms. The summed E-state index contributed by atoms with van der Waals surface area (Å²) in [6.07, 6.45) is 4.59. The van der Waals surface area contributed by atoms with E-state index in [2.05, 4.69) is 14.8 Å². The van der Waals surface area contributed by atoms with Crippen molar-refractivity contribution in [2.24, 2.45) is 0 Å². The van der Waals surface area contributed by atoms with Gasteiger partial charge in [0.2, 0.25) is 0 Å². The molecule has 96 valence electrons. The van der Waals surface area contributed by atoms with E-state index in [1.807, 2.05) is 0 Å². The summed E-state index contributed by atoms with van der Waals surface area (Å²) < 4.78 is 12.6. The number of hydrogen-bond acceptors (Lipinski definition) is 5. The molecular formula is C11H19N3O2S. The number of thioether (sulfide) groups is 1. The Hall–Kier alpha value is -0.590. The van der Waals surface area contributed by atoms with Gasteiger partial charge in [-0.2, -0.15) is 0 Å². The van der Waals surface area contributed by atoms with Crippen LogP contribution in [0.25, 0.3) is 0 Å². The highest BCUT2D eigenvalue weighted by Crippen LogP contribution is 2.22. The van der Waals surface area contributed by atoms with Crippen LogP contribution in [-0.2, 0) is 22.4 Å². The quantitative estimate of drug-likeness (QED) is 0.594. The zero-order valence-corrected chi connectivity index (χ0v) is 11.2. The first-order chi connectivity index (χ1) is 8.35. The van der Waals surface area contributed by atoms with Gasteiger partial charge in [-0.15, -0.1) is 10.2 Å². The van der Waals surface area contributed by atoms with E-state index in [1.54, 1.807) is 26.0 Å². The molecule has 0 saturated heterocycles. The molecule has 2 rings (SSSR count). The summed E-state index contributed by atoms with van der Waals surface area (Å²) in [4.78, 5) is 0. The van der Waals surface area contributed by atoms with Crippen LogP contribution in [0.3, 0.4) is 0 Å². The van der Waals surface area contributed by atoms with Crippen LogP contribution < -0.4 is 0 Å². The van der Waals surface area contributed by atoms with Crippen molar-refractivity contribution in [3.05, 3.63) is 5.82 Å². The molecule has 0 bridgehead atoms. The molecule has 1 aliphatic rings. The molecule has 2 heterocycles. The van der Waals surface area contributed by atoms with Crippen LogP contribution in [0.2, 0.25) is 0 Å². The van der Waals surface area contributed by atoms with Crippen molar-refractivity contribution in [1.82, 2.24) is 14.8 Å². The Morgan fingerprint density at radius 3 is 2.82 bits per heavy atom. The summed E-state index contributed by atoms with van der Waals surface area (Å²) >= 11 is 1.65. The minimum atomic E-state index is -0.182. The van der Waals surface area contributed by atoms with Crippen LogP contribution >= 0.6 is 11.8 Å². The second-order valence-corrected chi connectivity index (χ2v) is 5.06. The summed E-state index contributed by atoms with van der Waals surface area (Å²) in [7, 11) is 3.30. The number of aryl methyl sites for hydroxylation is 1. The van der Waals surface area contributed by atoms with Crippen LogP contribution in [0.1, 0.15) is 25.1 Å². The van der Waals surface area contributed by atoms with Crippen LogP contribution in [0.15, 0.2) is 5.16 Å². The normalized spacial score (nSPS) is 15.9. The largest absolute Gasteiger partial charge is 0.355 e. The lowest BCUT2D eigenvalue weighted by atomic mass is 10.2. The van der Waals surface area contributed by atoms with Gasteiger partial charge in [-0.25, -0.2) is 0 Å². The first kappa shape index (κ1) is 12.9. The molecule has 1 aliphatic heterocycles. The first-order valence-electron chi connectivity index (χ1n) is 5.95. The second kappa shape index (κ2) is 6.37. The minimum Gasteiger partial charge on any atom is -0.355 e. The molecule has 0 aliphatic carbocycles. The molecule has 0 fully saturated rings. The maximum absolute atomic E-state index is 5.17. The van der Waals surface area contributed by atoms with Crippen molar-refractivity contribution in [2.75, 3.05) is 20.0 Å². The van der Waals surface area contributed by atoms with Crippen LogP contribution in [0, 0.1) is 0 Å². The minimum absolute atomic E-state index is 0.182. The number of fused-ring (bicyclic) bond motifs is 1. The maximum Gasteiger partial charge on any atom is 0.191 e. The molecule has 0 spiro atoms. The number of ether oxygens (including phenoxy) is 2. The Kier molecular flexibility index (Phi) is 4.82. The van der Waals surface area contributed by atoms with Crippen molar-refractivity contribution in [3.8, 4) is 0 Å². The van der Waals surface area contributed by atoms with Crippen molar-refractivity contribution < 1.29 is 9.47 Å². The average molecular weight is 257 g/mol. The third-order valence-electron chi connectivity index (χ3n) is 2.95. The lowest BCUT2D eigenvalue weighted by Gasteiger charge is -2.12. The molecule has 17 heavy (non-hydrogen) atoms. The van der Waals surface area contributed by atoms with Gasteiger partial charge in [0.1, 0.15) is 5.82 Å². The molecule has 1 aromatic heterocycles. The highest BCUT2D eigenvalue weighted by molar-refractivity contribution is 7.99. The van der Waals surface area contributed by atoms with Gasteiger partial charge in [-0.3, -0.25) is 0 Å². The zero-order chi connectivity index (χ0) is 12.1. The number of aromatic nitrogens is 3. The van der Waals surface area contributed by atoms with Gasteiger partial charge >= 0.3 is 0 Å². The molecule has 0 N–H and O–H groups in total. The van der Waals surface area contributed by atoms with Gasteiger partial charge in [0.25, 0.3) is 0 Å². The molecule has 0 radical (unpaired) electrons. The predicted molar refractivity (Wildman–Crippen MR) is 66.1 cm³/mol. The van der Waals surface area contributed by atoms with E-state index >= 15 is 0 Å². The monoisotopic (exact) mass is 257 g/mol. The Bertz CT molecular complexity index is 352. The fraction of sp³-hybridized carbons (Fsp3) is 0.818. The fourth-order valence-corrected chi connectivity index (χ4v) is 2.95. The van der Waals surface area contributed by atoms with Gasteiger partial charge in [0.15, 0.2) is 11.4 Å². The highest BCUT2D eigenvalue weighted by Gasteiger charge is 2.16. The number of nitrogens with zero attached hydrogens (tertiary/aromatic N) is 3. The Balaban J connectivity index is 1.99. The van der Waals surface area contributed by atoms with Gasteiger partial charge < -0.3 is 14.0 Å². The summed E-state index contributed by atoms with van der Waals surface area (Å²) in [5.74, 6) is 1.86. The molecule has 1 aromatic rings. The molecule has 0 amide bonds. The summed E-state index contributed by atoms with van der Waals surface area (Å²) in [5.41, 5.74) is 0. The third kappa shape index (κ3) is 3.20. The van der Waals surface area contributed by atoms with E-state index in [1.165, 1.54) is 19.3 Å². The van der Waals surface area contributed by atoms with E-state index in [0.717, 1.165) is 29.7 Å². The maximum atomic E-state index is 5.17. The van der Waals surface area contributed by atoms with Crippen molar-refractivity contribution in [1.29, 1.82) is 0 Å². The fourth-order valence-electron chi connectivity index (χ4n) is 1.94. The summed E-state index contributed by atoms with van der Waals surface area (Å²) in [5, 5.41) is 9.49. The summed E-state index contributed by atoms with van der Waals surface area (Å²) in [6, 6.07) is 0. The highest BCUT2D eigenvalue weighted by atomic mass is 32.2. The van der Waals surface area contributed by atoms with Gasteiger partial charge in [-0.1, -0.05) is 18.2 Å². The van der Waals surface area contributed by atoms with E-state index in [4.69, 9.17) is 9.47 Å². The second-order valence-electron chi connectivity index (χ2n) is 4.07. The average Bonchev–Trinajstić information content (AvgIpc) is 2.60. The molecule has 0 saturated carbocycles. The van der Waals surface area contributed by atoms with Crippen molar-refractivity contribution >= 4 is 11.8 Å². The van der Waals surface area contributed by atoms with Crippen LogP contribution in [0.4, 0.5) is 0 Å². The number of methoxy groups -OCH3 is 2. The van der Waals surface area contributed by atoms with E-state index in [-0.39, 0.29) is 6.29 Å². The first-order valence-corrected chi connectivity index (χ1v) is 6.94. The zero-order valence-electron chi connectivity index (χ0n) is 10.4. The SMILES string of the molecule is COC(CSc1nnc2n1CCCCC2)OC. The Labute approximate surface area is 106 Å². The van der Waals surface area contributed by atoms with E-state index in [0.29, 0.717) is 0 Å². The molecule has 0 unspecified atom stereocenters. The molecular weight excluding hydrogens is 238 g/mol. The number of hydrogen-bond donors (Lipinski definition) is 0. The standard InChI is InChI=1S/C11H19N3O2S/c1-15-10(16-2)8-17-11-13-12-9-6-4-3-5-7-14(9)11/h10H,3-8H2,1-2H3. The van der Waals surface area contributed by atoms with Crippen LogP contribution in [0.5, 0.6) is 0 Å². The Morgan fingerprint density at radius 2 is 2.06 bits per heavy atom. The molecule has 5 nitrogen and oxygen atoms in total. The smallest absolute Gasteiger partial charge is 0.191 e. The van der Waals surface area contributed by atoms with E-state index < -0.39 is 0 Å². The molecule has 0 atom stereocenters. The number of rotatable bonds is 5. The topological polar surface area (TPSA) is 49.2 Å². The van der Waals surface area contributed by atoms with Crippen molar-refractivity contribution in [3.63, 3.8) is 0 Å². The molecule has 0 aromatic carbocycles. The predicted octanol–water partition coefficient (Wildman–Crippen LogP) is 1.72. The lowest BCUT2D eigenvalue weighted by molar-refractivity contribution is -0.0842. The van der Waals surface area contributed by atoms with Gasteiger partial charge in [0, 0.05) is 27.2 Å². The van der Waals surface area contributed by atoms with Gasteiger partial charge in [-0.05, 0) is 12.8 Å². The third-order valence-corrected chi connectivity index (χ3v) is 3.95. The van der Waals surface area contributed by atoms with E-state index in [9.17, 15) is 0 Å².